The van der Waals surface area contributed by atoms with Gasteiger partial charge in [-0.1, -0.05) is 28.9 Å². The number of fused-ring (bicyclic) bond motifs is 1. The maximum atomic E-state index is 3.53. The first-order chi connectivity index (χ1) is 10.7. The van der Waals surface area contributed by atoms with Crippen LogP contribution < -0.4 is 10.6 Å². The summed E-state index contributed by atoms with van der Waals surface area (Å²) in [5, 5.41) is 7.99. The fourth-order valence-electron chi connectivity index (χ4n) is 2.73. The van der Waals surface area contributed by atoms with E-state index in [1.807, 2.05) is 7.05 Å². The van der Waals surface area contributed by atoms with Crippen LogP contribution in [0.15, 0.2) is 47.1 Å². The molecule has 0 amide bonds. The lowest BCUT2D eigenvalue weighted by Gasteiger charge is -2.12. The van der Waals surface area contributed by atoms with Crippen LogP contribution in [0.1, 0.15) is 18.1 Å². The Morgan fingerprint density at radius 1 is 1.09 bits per heavy atom. The maximum Gasteiger partial charge on any atom is 0.0478 e. The molecule has 1 aromatic heterocycles. The third-order valence-electron chi connectivity index (χ3n) is 3.86. The zero-order valence-electron chi connectivity index (χ0n) is 12.8. The summed E-state index contributed by atoms with van der Waals surface area (Å²) >= 11 is 3.53. The maximum absolute atomic E-state index is 3.53. The largest absolute Gasteiger partial charge is 0.361 e. The van der Waals surface area contributed by atoms with Crippen molar-refractivity contribution in [1.82, 2.24) is 10.3 Å². The summed E-state index contributed by atoms with van der Waals surface area (Å²) in [4.78, 5) is 3.35. The molecule has 1 heterocycles. The first-order valence-electron chi connectivity index (χ1n) is 7.51. The highest BCUT2D eigenvalue weighted by atomic mass is 79.9. The van der Waals surface area contributed by atoms with E-state index in [0.717, 1.165) is 34.3 Å². The van der Waals surface area contributed by atoms with E-state index in [4.69, 9.17) is 0 Å². The highest BCUT2D eigenvalue weighted by molar-refractivity contribution is 9.10. The van der Waals surface area contributed by atoms with E-state index in [9.17, 15) is 0 Å². The van der Waals surface area contributed by atoms with Crippen LogP contribution in [0.2, 0.25) is 0 Å². The standard InChI is InChI=1S/C18H20BrN3/c1-3-12-8-14(19)4-7-17(12)22-15-5-6-16-13(10-20-2)11-21-18(16)9-15/h4-9,11,20-22H,3,10H2,1-2H3. The van der Waals surface area contributed by atoms with Gasteiger partial charge in [0.2, 0.25) is 0 Å². The molecule has 22 heavy (non-hydrogen) atoms. The number of rotatable bonds is 5. The lowest BCUT2D eigenvalue weighted by molar-refractivity contribution is 0.823. The van der Waals surface area contributed by atoms with Crippen molar-refractivity contribution in [3.63, 3.8) is 0 Å². The van der Waals surface area contributed by atoms with Crippen LogP contribution in [0.3, 0.4) is 0 Å². The minimum atomic E-state index is 0.874. The monoisotopic (exact) mass is 357 g/mol. The molecular formula is C18H20BrN3. The van der Waals surface area contributed by atoms with E-state index >= 15 is 0 Å². The summed E-state index contributed by atoms with van der Waals surface area (Å²) in [5.74, 6) is 0. The minimum absolute atomic E-state index is 0.874. The molecule has 3 N–H and O–H groups in total. The summed E-state index contributed by atoms with van der Waals surface area (Å²) < 4.78 is 1.12. The average Bonchev–Trinajstić information content (AvgIpc) is 2.92. The fraction of sp³-hybridized carbons (Fsp3) is 0.222. The second-order valence-corrected chi connectivity index (χ2v) is 6.30. The Morgan fingerprint density at radius 2 is 1.95 bits per heavy atom. The number of H-pyrrole nitrogens is 1. The van der Waals surface area contributed by atoms with Gasteiger partial charge in [-0.25, -0.2) is 0 Å². The summed E-state index contributed by atoms with van der Waals surface area (Å²) in [6.45, 7) is 3.05. The van der Waals surface area contributed by atoms with E-state index in [-0.39, 0.29) is 0 Å². The zero-order chi connectivity index (χ0) is 15.5. The lowest BCUT2D eigenvalue weighted by Crippen LogP contribution is -2.03. The molecule has 114 valence electrons. The van der Waals surface area contributed by atoms with Gasteiger partial charge in [0, 0.05) is 39.5 Å². The molecule has 0 radical (unpaired) electrons. The molecule has 0 aliphatic heterocycles. The molecule has 3 nitrogen and oxygen atoms in total. The molecule has 0 fully saturated rings. The van der Waals surface area contributed by atoms with Gasteiger partial charge in [0.1, 0.15) is 0 Å². The number of halogens is 1. The average molecular weight is 358 g/mol. The van der Waals surface area contributed by atoms with Crippen molar-refractivity contribution in [3.05, 3.63) is 58.2 Å². The molecule has 3 rings (SSSR count). The van der Waals surface area contributed by atoms with Crippen molar-refractivity contribution < 1.29 is 0 Å². The van der Waals surface area contributed by atoms with Crippen LogP contribution in [-0.4, -0.2) is 12.0 Å². The number of hydrogen-bond donors (Lipinski definition) is 3. The van der Waals surface area contributed by atoms with Gasteiger partial charge in [0.25, 0.3) is 0 Å². The normalized spacial score (nSPS) is 11.0. The first-order valence-corrected chi connectivity index (χ1v) is 8.30. The SMILES string of the molecule is CCc1cc(Br)ccc1Nc1ccc2c(CNC)c[nH]c2c1. The van der Waals surface area contributed by atoms with Crippen LogP contribution >= 0.6 is 15.9 Å². The fourth-order valence-corrected chi connectivity index (χ4v) is 3.14. The highest BCUT2D eigenvalue weighted by Gasteiger charge is 2.06. The van der Waals surface area contributed by atoms with Crippen LogP contribution in [-0.2, 0) is 13.0 Å². The van der Waals surface area contributed by atoms with Crippen molar-refractivity contribution in [3.8, 4) is 0 Å². The first kappa shape index (κ1) is 15.1. The second kappa shape index (κ2) is 6.55. The predicted octanol–water partition coefficient (Wildman–Crippen LogP) is 4.96. The molecule has 2 aromatic carbocycles. The number of benzene rings is 2. The third kappa shape index (κ3) is 3.03. The summed E-state index contributed by atoms with van der Waals surface area (Å²) in [6.07, 6.45) is 3.07. The van der Waals surface area contributed by atoms with Gasteiger partial charge in [0.15, 0.2) is 0 Å². The number of aryl methyl sites for hydroxylation is 1. The van der Waals surface area contributed by atoms with Crippen molar-refractivity contribution >= 4 is 38.2 Å². The smallest absolute Gasteiger partial charge is 0.0478 e. The second-order valence-electron chi connectivity index (χ2n) is 5.38. The van der Waals surface area contributed by atoms with Crippen molar-refractivity contribution in [2.24, 2.45) is 0 Å². The molecule has 0 bridgehead atoms. The summed E-state index contributed by atoms with van der Waals surface area (Å²) in [6, 6.07) is 12.8. The molecule has 0 aliphatic rings. The van der Waals surface area contributed by atoms with E-state index in [1.54, 1.807) is 0 Å². The zero-order valence-corrected chi connectivity index (χ0v) is 14.4. The number of hydrogen-bond acceptors (Lipinski definition) is 2. The van der Waals surface area contributed by atoms with Gasteiger partial charge in [-0.15, -0.1) is 0 Å². The van der Waals surface area contributed by atoms with Gasteiger partial charge in [0.05, 0.1) is 0 Å². The predicted molar refractivity (Wildman–Crippen MR) is 97.9 cm³/mol. The third-order valence-corrected chi connectivity index (χ3v) is 4.36. The number of aromatic nitrogens is 1. The van der Waals surface area contributed by atoms with E-state index in [0.29, 0.717) is 0 Å². The molecule has 4 heteroatoms. The van der Waals surface area contributed by atoms with Gasteiger partial charge >= 0.3 is 0 Å². The highest BCUT2D eigenvalue weighted by Crippen LogP contribution is 2.27. The quantitative estimate of drug-likeness (QED) is 0.604. The Morgan fingerprint density at radius 3 is 2.73 bits per heavy atom. The molecule has 0 spiro atoms. The molecule has 0 atom stereocenters. The van der Waals surface area contributed by atoms with Crippen molar-refractivity contribution in [2.75, 3.05) is 12.4 Å². The molecule has 0 unspecified atom stereocenters. The Labute approximate surface area is 139 Å². The van der Waals surface area contributed by atoms with Gasteiger partial charge in [-0.2, -0.15) is 0 Å². The van der Waals surface area contributed by atoms with Crippen LogP contribution in [0, 0.1) is 0 Å². The number of aromatic amines is 1. The van der Waals surface area contributed by atoms with Crippen LogP contribution in [0.25, 0.3) is 10.9 Å². The lowest BCUT2D eigenvalue weighted by atomic mass is 10.1. The van der Waals surface area contributed by atoms with Crippen molar-refractivity contribution in [1.29, 1.82) is 0 Å². The number of nitrogens with one attached hydrogen (secondary N) is 3. The Bertz CT molecular complexity index is 792. The Hall–Kier alpha value is -1.78. The van der Waals surface area contributed by atoms with Crippen LogP contribution in [0.5, 0.6) is 0 Å². The van der Waals surface area contributed by atoms with Gasteiger partial charge in [-0.05, 0) is 54.9 Å². The topological polar surface area (TPSA) is 39.8 Å². The minimum Gasteiger partial charge on any atom is -0.361 e. The summed E-state index contributed by atoms with van der Waals surface area (Å²) in [5.41, 5.74) is 6.01. The molecule has 0 aliphatic carbocycles. The molecule has 0 saturated carbocycles. The Kier molecular flexibility index (Phi) is 4.50. The molecule has 0 saturated heterocycles. The van der Waals surface area contributed by atoms with Crippen molar-refractivity contribution in [2.45, 2.75) is 19.9 Å². The van der Waals surface area contributed by atoms with Gasteiger partial charge < -0.3 is 15.6 Å². The molecular weight excluding hydrogens is 338 g/mol. The molecule has 3 aromatic rings. The Balaban J connectivity index is 1.91. The van der Waals surface area contributed by atoms with E-state index in [1.165, 1.54) is 16.5 Å². The number of anilines is 2. The van der Waals surface area contributed by atoms with E-state index < -0.39 is 0 Å². The van der Waals surface area contributed by atoms with Crippen LogP contribution in [0.4, 0.5) is 11.4 Å². The van der Waals surface area contributed by atoms with E-state index in [2.05, 4.69) is 81.1 Å². The summed E-state index contributed by atoms with van der Waals surface area (Å²) in [7, 11) is 1.97. The van der Waals surface area contributed by atoms with Gasteiger partial charge in [-0.3, -0.25) is 0 Å².